The van der Waals surface area contributed by atoms with E-state index in [-0.39, 0.29) is 5.82 Å². The second-order valence-electron chi connectivity index (χ2n) is 2.93. The number of benzene rings is 1. The van der Waals surface area contributed by atoms with Crippen LogP contribution in [0.15, 0.2) is 22.7 Å². The number of halogens is 3. The molecule has 0 amide bonds. The van der Waals surface area contributed by atoms with E-state index in [0.29, 0.717) is 11.3 Å². The Morgan fingerprint density at radius 1 is 1.47 bits per heavy atom. The minimum Gasteiger partial charge on any atom is -0.380 e. The number of nitrogens with one attached hydrogen (secondary N) is 1. The molecular formula is C9H6BrFIN3. The van der Waals surface area contributed by atoms with Crippen molar-refractivity contribution in [3.8, 4) is 11.3 Å². The van der Waals surface area contributed by atoms with Crippen molar-refractivity contribution in [3.63, 3.8) is 0 Å². The molecule has 0 spiro atoms. The lowest BCUT2D eigenvalue weighted by molar-refractivity contribution is 0.636. The standard InChI is InChI=1S/C9H6BrFIN3/c10-5-3-4(1-2-6(5)12)8-7(11)9(13)15-14-8/h1-3H,(H3,13,14,15). The summed E-state index contributed by atoms with van der Waals surface area (Å²) in [5.74, 6) is -0.622. The number of hydrogen-bond donors (Lipinski definition) is 2. The number of hydrogen-bond acceptors (Lipinski definition) is 2. The highest BCUT2D eigenvalue weighted by Crippen LogP contribution is 2.28. The Balaban J connectivity index is 2.55. The third-order valence-electron chi connectivity index (χ3n) is 1.94. The molecule has 78 valence electrons. The molecule has 0 saturated heterocycles. The quantitative estimate of drug-likeness (QED) is 0.745. The van der Waals surface area contributed by atoms with E-state index in [4.69, 9.17) is 5.73 Å². The monoisotopic (exact) mass is 381 g/mol. The van der Waals surface area contributed by atoms with Crippen molar-refractivity contribution in [3.05, 3.63) is 32.1 Å². The van der Waals surface area contributed by atoms with Gasteiger partial charge in [0.15, 0.2) is 11.6 Å². The fourth-order valence-corrected chi connectivity index (χ4v) is 1.90. The predicted octanol–water partition coefficient (Wildman–Crippen LogP) is 3.17. The topological polar surface area (TPSA) is 54.7 Å². The number of nitrogen functional groups attached to an aromatic ring is 1. The smallest absolute Gasteiger partial charge is 0.192 e. The summed E-state index contributed by atoms with van der Waals surface area (Å²) in [6.45, 7) is 0. The molecule has 1 aromatic heterocycles. The van der Waals surface area contributed by atoms with Crippen LogP contribution in [0.2, 0.25) is 0 Å². The summed E-state index contributed by atoms with van der Waals surface area (Å²) in [5, 5.41) is 6.17. The Morgan fingerprint density at radius 2 is 2.20 bits per heavy atom. The summed E-state index contributed by atoms with van der Waals surface area (Å²) in [7, 11) is 0. The van der Waals surface area contributed by atoms with E-state index in [1.54, 1.807) is 0 Å². The lowest BCUT2D eigenvalue weighted by Gasteiger charge is -2.00. The Hall–Kier alpha value is -0.630. The normalized spacial score (nSPS) is 10.6. The summed E-state index contributed by atoms with van der Waals surface area (Å²) in [4.78, 5) is 0. The van der Waals surface area contributed by atoms with Gasteiger partial charge in [-0.15, -0.1) is 0 Å². The van der Waals surface area contributed by atoms with Gasteiger partial charge in [0.25, 0.3) is 0 Å². The summed E-state index contributed by atoms with van der Waals surface area (Å²) in [6.07, 6.45) is 0. The zero-order valence-corrected chi connectivity index (χ0v) is 11.1. The Bertz CT molecular complexity index is 512. The lowest BCUT2D eigenvalue weighted by Crippen LogP contribution is -1.87. The molecule has 1 heterocycles. The molecule has 0 fully saturated rings. The van der Waals surface area contributed by atoms with Crippen LogP contribution in [-0.2, 0) is 0 Å². The molecule has 0 aliphatic heterocycles. The molecular weight excluding hydrogens is 376 g/mol. The van der Waals surface area contributed by atoms with Gasteiger partial charge in [-0.3, -0.25) is 5.10 Å². The molecule has 0 aliphatic carbocycles. The lowest BCUT2D eigenvalue weighted by atomic mass is 10.1. The van der Waals surface area contributed by atoms with Crippen molar-refractivity contribution in [1.82, 2.24) is 10.2 Å². The third-order valence-corrected chi connectivity index (χ3v) is 4.28. The Labute approximate surface area is 108 Å². The SMILES string of the molecule is Nc1n[nH]c(-c2ccc(I)c(Br)c2)c1F. The van der Waals surface area contributed by atoms with Gasteiger partial charge in [0, 0.05) is 13.6 Å². The van der Waals surface area contributed by atoms with Crippen LogP contribution in [0.1, 0.15) is 0 Å². The predicted molar refractivity (Wildman–Crippen MR) is 68.8 cm³/mol. The summed E-state index contributed by atoms with van der Waals surface area (Å²) in [6, 6.07) is 5.51. The largest absolute Gasteiger partial charge is 0.380 e. The van der Waals surface area contributed by atoms with Crippen LogP contribution in [0.3, 0.4) is 0 Å². The number of nitrogens with zero attached hydrogens (tertiary/aromatic N) is 1. The number of H-pyrrole nitrogens is 1. The average Bonchev–Trinajstić information content (AvgIpc) is 2.53. The fraction of sp³-hybridized carbons (Fsp3) is 0. The molecule has 0 bridgehead atoms. The van der Waals surface area contributed by atoms with Crippen molar-refractivity contribution in [2.75, 3.05) is 5.73 Å². The second kappa shape index (κ2) is 4.09. The van der Waals surface area contributed by atoms with E-state index in [0.717, 1.165) is 8.04 Å². The molecule has 15 heavy (non-hydrogen) atoms. The first-order chi connectivity index (χ1) is 7.09. The molecule has 0 aliphatic rings. The molecule has 0 saturated carbocycles. The van der Waals surface area contributed by atoms with Gasteiger partial charge in [0.2, 0.25) is 0 Å². The Kier molecular flexibility index (Phi) is 2.96. The maximum atomic E-state index is 13.4. The molecule has 3 nitrogen and oxygen atoms in total. The summed E-state index contributed by atoms with van der Waals surface area (Å²) >= 11 is 5.56. The molecule has 2 aromatic rings. The van der Waals surface area contributed by atoms with E-state index in [1.807, 2.05) is 18.2 Å². The maximum Gasteiger partial charge on any atom is 0.192 e. The number of aromatic amines is 1. The molecule has 6 heteroatoms. The first-order valence-corrected chi connectivity index (χ1v) is 5.91. The van der Waals surface area contributed by atoms with Crippen LogP contribution in [-0.4, -0.2) is 10.2 Å². The first kappa shape index (κ1) is 10.9. The maximum absolute atomic E-state index is 13.4. The van der Waals surface area contributed by atoms with Crippen LogP contribution < -0.4 is 5.73 Å². The average molecular weight is 382 g/mol. The highest BCUT2D eigenvalue weighted by Gasteiger charge is 2.12. The van der Waals surface area contributed by atoms with Crippen LogP contribution in [0.25, 0.3) is 11.3 Å². The van der Waals surface area contributed by atoms with E-state index < -0.39 is 5.82 Å². The van der Waals surface area contributed by atoms with Crippen molar-refractivity contribution < 1.29 is 4.39 Å². The van der Waals surface area contributed by atoms with Gasteiger partial charge in [-0.25, -0.2) is 4.39 Å². The molecule has 0 atom stereocenters. The molecule has 2 rings (SSSR count). The Morgan fingerprint density at radius 3 is 2.73 bits per heavy atom. The van der Waals surface area contributed by atoms with Crippen LogP contribution in [0.5, 0.6) is 0 Å². The van der Waals surface area contributed by atoms with Gasteiger partial charge >= 0.3 is 0 Å². The zero-order chi connectivity index (χ0) is 11.0. The van der Waals surface area contributed by atoms with Gasteiger partial charge in [0.05, 0.1) is 0 Å². The molecule has 0 radical (unpaired) electrons. The first-order valence-electron chi connectivity index (χ1n) is 4.04. The molecule has 3 N–H and O–H groups in total. The van der Waals surface area contributed by atoms with E-state index in [1.165, 1.54) is 0 Å². The second-order valence-corrected chi connectivity index (χ2v) is 4.94. The van der Waals surface area contributed by atoms with E-state index >= 15 is 0 Å². The minimum absolute atomic E-state index is 0.111. The summed E-state index contributed by atoms with van der Waals surface area (Å²) < 4.78 is 15.4. The van der Waals surface area contributed by atoms with Gasteiger partial charge < -0.3 is 5.73 Å². The van der Waals surface area contributed by atoms with Gasteiger partial charge in [-0.2, -0.15) is 5.10 Å². The number of nitrogens with two attached hydrogens (primary N) is 1. The van der Waals surface area contributed by atoms with Gasteiger partial charge in [-0.1, -0.05) is 6.07 Å². The molecule has 1 aromatic carbocycles. The zero-order valence-electron chi connectivity index (χ0n) is 7.39. The third kappa shape index (κ3) is 2.00. The van der Waals surface area contributed by atoms with Gasteiger partial charge in [-0.05, 0) is 50.7 Å². The molecule has 0 unspecified atom stereocenters. The van der Waals surface area contributed by atoms with Crippen molar-refractivity contribution in [2.45, 2.75) is 0 Å². The van der Waals surface area contributed by atoms with Crippen molar-refractivity contribution in [2.24, 2.45) is 0 Å². The highest BCUT2D eigenvalue weighted by molar-refractivity contribution is 14.1. The van der Waals surface area contributed by atoms with Crippen molar-refractivity contribution in [1.29, 1.82) is 0 Å². The van der Waals surface area contributed by atoms with Gasteiger partial charge in [0.1, 0.15) is 5.69 Å². The fourth-order valence-electron chi connectivity index (χ4n) is 1.19. The number of aromatic nitrogens is 2. The minimum atomic E-state index is -0.511. The summed E-state index contributed by atoms with van der Waals surface area (Å²) in [5.41, 5.74) is 6.34. The number of rotatable bonds is 1. The van der Waals surface area contributed by atoms with Crippen LogP contribution in [0, 0.1) is 9.39 Å². The van der Waals surface area contributed by atoms with Crippen molar-refractivity contribution >= 4 is 44.3 Å². The highest BCUT2D eigenvalue weighted by atomic mass is 127. The number of anilines is 1. The van der Waals surface area contributed by atoms with E-state index in [9.17, 15) is 4.39 Å². The van der Waals surface area contributed by atoms with Crippen LogP contribution in [0.4, 0.5) is 10.2 Å². The van der Waals surface area contributed by atoms with Crippen LogP contribution >= 0.6 is 38.5 Å². The van der Waals surface area contributed by atoms with E-state index in [2.05, 4.69) is 48.7 Å².